The molecule has 1 aromatic rings. The number of ether oxygens (including phenoxy) is 4. The number of carbonyl (C=O) groups excluding carboxylic acids is 1. The van der Waals surface area contributed by atoms with E-state index in [1.165, 1.54) is 0 Å². The van der Waals surface area contributed by atoms with E-state index in [-0.39, 0.29) is 5.91 Å². The number of rotatable bonds is 10. The predicted octanol–water partition coefficient (Wildman–Crippen LogP) is 1.94. The number of carbonyl (C=O) groups is 1. The highest BCUT2D eigenvalue weighted by Gasteiger charge is 2.18. The molecule has 0 saturated carbocycles. The van der Waals surface area contributed by atoms with E-state index in [1.54, 1.807) is 26.4 Å². The molecule has 0 aliphatic carbocycles. The molecule has 146 valence electrons. The Morgan fingerprint density at radius 2 is 1.85 bits per heavy atom. The minimum atomic E-state index is -0.157. The lowest BCUT2D eigenvalue weighted by Gasteiger charge is -2.26. The summed E-state index contributed by atoms with van der Waals surface area (Å²) in [6.45, 7) is 7.38. The highest BCUT2D eigenvalue weighted by atomic mass is 16.5. The summed E-state index contributed by atoms with van der Waals surface area (Å²) in [7, 11) is 3.11. The van der Waals surface area contributed by atoms with Crippen molar-refractivity contribution < 1.29 is 23.7 Å². The van der Waals surface area contributed by atoms with Crippen LogP contribution in [0.2, 0.25) is 0 Å². The van der Waals surface area contributed by atoms with Gasteiger partial charge in [0.1, 0.15) is 0 Å². The second-order valence-electron chi connectivity index (χ2n) is 6.12. The standard InChI is InChI=1S/C19H30N2O5/c1-4-5-10-26-18-16(23-2)13-15(14-17(18)24-3)19(22)20-6-7-21-8-11-25-12-9-21/h13-14H,4-12H2,1-3H3,(H,20,22). The molecule has 1 aromatic carbocycles. The monoisotopic (exact) mass is 366 g/mol. The summed E-state index contributed by atoms with van der Waals surface area (Å²) in [6.07, 6.45) is 1.98. The van der Waals surface area contributed by atoms with E-state index in [4.69, 9.17) is 18.9 Å². The Kier molecular flexibility index (Phi) is 8.50. The third-order valence-electron chi connectivity index (χ3n) is 4.28. The topological polar surface area (TPSA) is 69.3 Å². The molecule has 7 heteroatoms. The maximum Gasteiger partial charge on any atom is 0.251 e. The van der Waals surface area contributed by atoms with Crippen molar-refractivity contribution in [2.45, 2.75) is 19.8 Å². The molecule has 1 heterocycles. The summed E-state index contributed by atoms with van der Waals surface area (Å²) >= 11 is 0. The Labute approximate surface area is 155 Å². The predicted molar refractivity (Wildman–Crippen MR) is 99.5 cm³/mol. The highest BCUT2D eigenvalue weighted by Crippen LogP contribution is 2.38. The lowest BCUT2D eigenvalue weighted by Crippen LogP contribution is -2.41. The smallest absolute Gasteiger partial charge is 0.251 e. The number of morpholine rings is 1. The number of unbranched alkanes of at least 4 members (excludes halogenated alkanes) is 1. The summed E-state index contributed by atoms with van der Waals surface area (Å²) in [5.74, 6) is 1.38. The minimum absolute atomic E-state index is 0.157. The third-order valence-corrected chi connectivity index (χ3v) is 4.28. The van der Waals surface area contributed by atoms with Crippen molar-refractivity contribution in [1.29, 1.82) is 0 Å². The van der Waals surface area contributed by atoms with Gasteiger partial charge in [0.25, 0.3) is 5.91 Å². The van der Waals surface area contributed by atoms with Gasteiger partial charge in [-0.25, -0.2) is 0 Å². The van der Waals surface area contributed by atoms with Crippen LogP contribution in [0.5, 0.6) is 17.2 Å². The van der Waals surface area contributed by atoms with Crippen LogP contribution < -0.4 is 19.5 Å². The Balaban J connectivity index is 1.99. The van der Waals surface area contributed by atoms with Crippen molar-refractivity contribution in [1.82, 2.24) is 10.2 Å². The van der Waals surface area contributed by atoms with E-state index in [0.717, 1.165) is 45.7 Å². The number of methoxy groups -OCH3 is 2. The molecule has 1 aliphatic rings. The zero-order valence-electron chi connectivity index (χ0n) is 16.0. The Morgan fingerprint density at radius 1 is 1.19 bits per heavy atom. The molecule has 2 rings (SSSR count). The molecular formula is C19H30N2O5. The summed E-state index contributed by atoms with van der Waals surface area (Å²) < 4.78 is 21.9. The van der Waals surface area contributed by atoms with Gasteiger partial charge in [-0.05, 0) is 18.6 Å². The molecule has 1 saturated heterocycles. The maximum atomic E-state index is 12.5. The molecule has 0 atom stereocenters. The van der Waals surface area contributed by atoms with E-state index in [2.05, 4.69) is 17.1 Å². The second kappa shape index (κ2) is 10.9. The van der Waals surface area contributed by atoms with Crippen LogP contribution in [0.3, 0.4) is 0 Å². The van der Waals surface area contributed by atoms with Crippen molar-refractivity contribution in [3.8, 4) is 17.2 Å². The molecule has 1 amide bonds. The fourth-order valence-electron chi connectivity index (χ4n) is 2.73. The van der Waals surface area contributed by atoms with Crippen LogP contribution >= 0.6 is 0 Å². The average Bonchev–Trinajstić information content (AvgIpc) is 2.68. The number of benzene rings is 1. The van der Waals surface area contributed by atoms with E-state index in [9.17, 15) is 4.79 Å². The number of hydrogen-bond acceptors (Lipinski definition) is 6. The van der Waals surface area contributed by atoms with Crippen molar-refractivity contribution >= 4 is 5.91 Å². The van der Waals surface area contributed by atoms with Gasteiger partial charge in [-0.15, -0.1) is 0 Å². The van der Waals surface area contributed by atoms with Crippen LogP contribution in [0.1, 0.15) is 30.1 Å². The van der Waals surface area contributed by atoms with Gasteiger partial charge in [0, 0.05) is 31.7 Å². The van der Waals surface area contributed by atoms with Crippen LogP contribution in [0.15, 0.2) is 12.1 Å². The first kappa shape index (κ1) is 20.3. The second-order valence-corrected chi connectivity index (χ2v) is 6.12. The van der Waals surface area contributed by atoms with Crippen LogP contribution in [-0.4, -0.2) is 71.0 Å². The van der Waals surface area contributed by atoms with Crippen LogP contribution in [0.25, 0.3) is 0 Å². The van der Waals surface area contributed by atoms with Crippen molar-refractivity contribution in [2.75, 3.05) is 60.2 Å². The number of nitrogens with zero attached hydrogens (tertiary/aromatic N) is 1. The fraction of sp³-hybridized carbons (Fsp3) is 0.632. The van der Waals surface area contributed by atoms with Crippen molar-refractivity contribution in [3.63, 3.8) is 0 Å². The van der Waals surface area contributed by atoms with Gasteiger partial charge in [0.15, 0.2) is 11.5 Å². The van der Waals surface area contributed by atoms with Gasteiger partial charge in [-0.3, -0.25) is 9.69 Å². The Morgan fingerprint density at radius 3 is 2.42 bits per heavy atom. The number of amides is 1. The van der Waals surface area contributed by atoms with Crippen LogP contribution in [0, 0.1) is 0 Å². The van der Waals surface area contributed by atoms with E-state index in [1.807, 2.05) is 0 Å². The zero-order chi connectivity index (χ0) is 18.8. The maximum absolute atomic E-state index is 12.5. The molecule has 1 fully saturated rings. The molecule has 26 heavy (non-hydrogen) atoms. The van der Waals surface area contributed by atoms with Gasteiger partial charge >= 0.3 is 0 Å². The zero-order valence-corrected chi connectivity index (χ0v) is 16.0. The minimum Gasteiger partial charge on any atom is -0.493 e. The third kappa shape index (κ3) is 5.78. The largest absolute Gasteiger partial charge is 0.493 e. The molecule has 0 aromatic heterocycles. The van der Waals surface area contributed by atoms with Gasteiger partial charge in [0.05, 0.1) is 34.0 Å². The quantitative estimate of drug-likeness (QED) is 0.638. The van der Waals surface area contributed by atoms with E-state index >= 15 is 0 Å². The summed E-state index contributed by atoms with van der Waals surface area (Å²) in [4.78, 5) is 14.8. The summed E-state index contributed by atoms with van der Waals surface area (Å²) in [6, 6.07) is 3.38. The number of nitrogens with one attached hydrogen (secondary N) is 1. The molecule has 0 spiro atoms. The van der Waals surface area contributed by atoms with E-state index < -0.39 is 0 Å². The molecule has 0 bridgehead atoms. The summed E-state index contributed by atoms with van der Waals surface area (Å²) in [5.41, 5.74) is 0.489. The van der Waals surface area contributed by atoms with Gasteiger partial charge < -0.3 is 24.3 Å². The van der Waals surface area contributed by atoms with Crippen molar-refractivity contribution in [2.24, 2.45) is 0 Å². The van der Waals surface area contributed by atoms with E-state index in [0.29, 0.717) is 36.0 Å². The SMILES string of the molecule is CCCCOc1c(OC)cc(C(=O)NCCN2CCOCC2)cc1OC. The van der Waals surface area contributed by atoms with Crippen LogP contribution in [0.4, 0.5) is 0 Å². The number of hydrogen-bond donors (Lipinski definition) is 1. The first-order chi connectivity index (χ1) is 12.7. The first-order valence-corrected chi connectivity index (χ1v) is 9.16. The molecule has 7 nitrogen and oxygen atoms in total. The Bertz CT molecular complexity index is 548. The lowest BCUT2D eigenvalue weighted by atomic mass is 10.1. The summed E-state index contributed by atoms with van der Waals surface area (Å²) in [5, 5.41) is 2.95. The average molecular weight is 366 g/mol. The fourth-order valence-corrected chi connectivity index (χ4v) is 2.73. The first-order valence-electron chi connectivity index (χ1n) is 9.16. The molecule has 0 unspecified atom stereocenters. The molecule has 1 N–H and O–H groups in total. The normalized spacial score (nSPS) is 14.7. The highest BCUT2D eigenvalue weighted by molar-refractivity contribution is 5.95. The van der Waals surface area contributed by atoms with Gasteiger partial charge in [0.2, 0.25) is 5.75 Å². The van der Waals surface area contributed by atoms with Gasteiger partial charge in [-0.1, -0.05) is 13.3 Å². The lowest BCUT2D eigenvalue weighted by molar-refractivity contribution is 0.0383. The van der Waals surface area contributed by atoms with Gasteiger partial charge in [-0.2, -0.15) is 0 Å². The Hall–Kier alpha value is -1.99. The molecular weight excluding hydrogens is 336 g/mol. The molecule has 0 radical (unpaired) electrons. The molecule has 1 aliphatic heterocycles. The van der Waals surface area contributed by atoms with Crippen LogP contribution in [-0.2, 0) is 4.74 Å². The van der Waals surface area contributed by atoms with Crippen molar-refractivity contribution in [3.05, 3.63) is 17.7 Å².